The van der Waals surface area contributed by atoms with Crippen molar-refractivity contribution in [2.75, 3.05) is 26.2 Å². The lowest BCUT2D eigenvalue weighted by Crippen LogP contribution is -2.57. The molecule has 1 fully saturated rings. The van der Waals surface area contributed by atoms with Crippen molar-refractivity contribution in [1.82, 2.24) is 15.1 Å². The van der Waals surface area contributed by atoms with Crippen LogP contribution >= 0.6 is 0 Å². The second-order valence-electron chi connectivity index (χ2n) is 8.26. The Morgan fingerprint density at radius 3 is 2.17 bits per heavy atom. The van der Waals surface area contributed by atoms with Crippen LogP contribution in [-0.2, 0) is 14.6 Å². The summed E-state index contributed by atoms with van der Waals surface area (Å²) < 4.78 is 45.1. The van der Waals surface area contributed by atoms with Crippen molar-refractivity contribution < 1.29 is 31.6 Å². The van der Waals surface area contributed by atoms with Gasteiger partial charge in [0.1, 0.15) is 5.82 Å². The molecule has 1 N–H and O–H groups in total. The molecule has 11 heteroatoms. The smallest absolute Gasteiger partial charge is 0.288 e. The Morgan fingerprint density at radius 2 is 1.56 bits per heavy atom. The molecule has 2 heterocycles. The number of carbonyl (C=O) groups excluding carboxylic acids is 3. The van der Waals surface area contributed by atoms with Crippen LogP contribution in [0.2, 0.25) is 0 Å². The summed E-state index contributed by atoms with van der Waals surface area (Å²) in [5.41, 5.74) is 1.38. The molecule has 1 atom stereocenters. The summed E-state index contributed by atoms with van der Waals surface area (Å²) in [6.07, 6.45) is 1.24. The van der Waals surface area contributed by atoms with E-state index in [1.165, 1.54) is 23.3 Å². The highest BCUT2D eigenvalue weighted by atomic mass is 32.2. The number of furan rings is 1. The van der Waals surface area contributed by atoms with Crippen LogP contribution in [0.5, 0.6) is 0 Å². The molecular weight excluding hydrogens is 489 g/mol. The number of halogens is 1. The summed E-state index contributed by atoms with van der Waals surface area (Å²) in [6.45, 7) is 2.35. The zero-order chi connectivity index (χ0) is 25.9. The lowest BCUT2D eigenvalue weighted by Gasteiger charge is -2.36. The highest BCUT2D eigenvalue weighted by molar-refractivity contribution is 7.92. The fraction of sp³-hybridized carbons (Fsp3) is 0.240. The first-order valence-electron chi connectivity index (χ1n) is 11.2. The topological polar surface area (TPSA) is 117 Å². The molecule has 0 radical (unpaired) electrons. The lowest BCUT2D eigenvalue weighted by molar-refractivity contribution is -0.132. The van der Waals surface area contributed by atoms with E-state index in [0.717, 1.165) is 29.8 Å². The molecule has 4 rings (SSSR count). The molecule has 1 aliphatic rings. The van der Waals surface area contributed by atoms with E-state index in [9.17, 15) is 27.2 Å². The summed E-state index contributed by atoms with van der Waals surface area (Å²) in [4.78, 5) is 41.5. The Balaban J connectivity index is 1.54. The van der Waals surface area contributed by atoms with Crippen molar-refractivity contribution in [3.8, 4) is 0 Å². The highest BCUT2D eigenvalue weighted by Gasteiger charge is 2.40. The van der Waals surface area contributed by atoms with Gasteiger partial charge in [-0.2, -0.15) is 0 Å². The molecule has 1 aromatic heterocycles. The average Bonchev–Trinajstić information content (AvgIpc) is 3.42. The van der Waals surface area contributed by atoms with Crippen molar-refractivity contribution in [3.63, 3.8) is 0 Å². The lowest BCUT2D eigenvalue weighted by atomic mass is 10.1. The molecule has 0 unspecified atom stereocenters. The third-order valence-corrected chi connectivity index (χ3v) is 7.81. The second-order valence-corrected chi connectivity index (χ2v) is 10.3. The Morgan fingerprint density at radius 1 is 0.917 bits per heavy atom. The van der Waals surface area contributed by atoms with E-state index >= 15 is 0 Å². The van der Waals surface area contributed by atoms with Crippen LogP contribution in [0.25, 0.3) is 0 Å². The van der Waals surface area contributed by atoms with Gasteiger partial charge in [-0.15, -0.1) is 0 Å². The first-order chi connectivity index (χ1) is 17.2. The number of benzene rings is 2. The fourth-order valence-electron chi connectivity index (χ4n) is 3.91. The van der Waals surface area contributed by atoms with Crippen LogP contribution in [0.15, 0.2) is 76.2 Å². The van der Waals surface area contributed by atoms with Crippen molar-refractivity contribution in [1.29, 1.82) is 0 Å². The van der Waals surface area contributed by atoms with E-state index in [4.69, 9.17) is 4.42 Å². The molecule has 1 aliphatic heterocycles. The van der Waals surface area contributed by atoms with Gasteiger partial charge in [0, 0.05) is 31.7 Å². The molecular formula is C25H24FN3O6S. The summed E-state index contributed by atoms with van der Waals surface area (Å²) in [6, 6.07) is 13.9. The minimum atomic E-state index is -4.44. The van der Waals surface area contributed by atoms with Crippen molar-refractivity contribution >= 4 is 27.6 Å². The van der Waals surface area contributed by atoms with E-state index in [1.807, 2.05) is 19.1 Å². The number of hydrogen-bond donors (Lipinski definition) is 1. The highest BCUT2D eigenvalue weighted by Crippen LogP contribution is 2.20. The molecule has 1 saturated heterocycles. The summed E-state index contributed by atoms with van der Waals surface area (Å²) in [5, 5.41) is 0.278. The van der Waals surface area contributed by atoms with Gasteiger partial charge >= 0.3 is 0 Å². The first-order valence-corrected chi connectivity index (χ1v) is 12.7. The molecule has 3 aromatic rings. The van der Waals surface area contributed by atoms with Crippen LogP contribution < -0.4 is 5.32 Å². The van der Waals surface area contributed by atoms with Crippen molar-refractivity contribution in [2.45, 2.75) is 17.2 Å². The fourth-order valence-corrected chi connectivity index (χ4v) is 5.37. The average molecular weight is 514 g/mol. The summed E-state index contributed by atoms with van der Waals surface area (Å²) in [5.74, 6) is -2.75. The molecule has 2 aromatic carbocycles. The zero-order valence-electron chi connectivity index (χ0n) is 19.4. The number of piperazine rings is 1. The molecule has 0 saturated carbocycles. The monoisotopic (exact) mass is 513 g/mol. The molecule has 9 nitrogen and oxygen atoms in total. The maximum absolute atomic E-state index is 13.4. The van der Waals surface area contributed by atoms with E-state index in [0.29, 0.717) is 5.56 Å². The molecule has 0 bridgehead atoms. The number of rotatable bonds is 6. The maximum atomic E-state index is 13.4. The van der Waals surface area contributed by atoms with Crippen LogP contribution in [0.1, 0.15) is 26.5 Å². The number of sulfone groups is 1. The summed E-state index contributed by atoms with van der Waals surface area (Å²) >= 11 is 0. The molecule has 0 aliphatic carbocycles. The predicted octanol–water partition coefficient (Wildman–Crippen LogP) is 2.24. The largest absolute Gasteiger partial charge is 0.459 e. The molecule has 3 amide bonds. The van der Waals surface area contributed by atoms with Gasteiger partial charge in [-0.05, 0) is 55.0 Å². The third kappa shape index (κ3) is 5.15. The summed E-state index contributed by atoms with van der Waals surface area (Å²) in [7, 11) is -4.44. The van der Waals surface area contributed by atoms with Gasteiger partial charge in [0.25, 0.3) is 17.7 Å². The molecule has 0 spiro atoms. The van der Waals surface area contributed by atoms with Gasteiger partial charge in [-0.25, -0.2) is 12.8 Å². The van der Waals surface area contributed by atoms with Gasteiger partial charge in [0.05, 0.1) is 11.2 Å². The van der Waals surface area contributed by atoms with E-state index < -0.39 is 32.8 Å². The van der Waals surface area contributed by atoms with Crippen molar-refractivity contribution in [2.24, 2.45) is 0 Å². The normalized spacial score (nSPS) is 14.8. The number of aryl methyl sites for hydroxylation is 1. The molecule has 36 heavy (non-hydrogen) atoms. The predicted molar refractivity (Wildman–Crippen MR) is 127 cm³/mol. The van der Waals surface area contributed by atoms with E-state index in [-0.39, 0.29) is 42.7 Å². The number of hydrogen-bond acceptors (Lipinski definition) is 6. The Hall–Kier alpha value is -3.99. The molecule has 188 valence electrons. The van der Waals surface area contributed by atoms with Crippen LogP contribution in [0.3, 0.4) is 0 Å². The van der Waals surface area contributed by atoms with Gasteiger partial charge in [-0.3, -0.25) is 14.4 Å². The van der Waals surface area contributed by atoms with Crippen LogP contribution in [0.4, 0.5) is 4.39 Å². The first kappa shape index (κ1) is 25.1. The van der Waals surface area contributed by atoms with Crippen molar-refractivity contribution in [3.05, 3.63) is 89.6 Å². The third-order valence-electron chi connectivity index (χ3n) is 5.94. The van der Waals surface area contributed by atoms with E-state index in [2.05, 4.69) is 5.32 Å². The number of nitrogens with one attached hydrogen (secondary N) is 1. The SMILES string of the molecule is Cc1ccccc1C(=O)N1CCN(C(=O)[C@@H](NC(=O)c2ccco2)S(=O)(=O)c2ccc(F)cc2)CC1. The van der Waals surface area contributed by atoms with Gasteiger partial charge in [-0.1, -0.05) is 18.2 Å². The van der Waals surface area contributed by atoms with Gasteiger partial charge in [0.15, 0.2) is 5.76 Å². The second kappa shape index (κ2) is 10.3. The maximum Gasteiger partial charge on any atom is 0.288 e. The number of nitrogens with zero attached hydrogens (tertiary/aromatic N) is 2. The Labute approximate surface area is 207 Å². The van der Waals surface area contributed by atoms with Gasteiger partial charge < -0.3 is 19.5 Å². The van der Waals surface area contributed by atoms with Crippen LogP contribution in [0, 0.1) is 12.7 Å². The zero-order valence-corrected chi connectivity index (χ0v) is 20.2. The standard InChI is InChI=1S/C25H24FN3O6S/c1-17-5-2-3-6-20(17)24(31)28-12-14-29(15-13-28)25(32)23(27-22(30)21-7-4-16-35-21)36(33,34)19-10-8-18(26)9-11-19/h2-11,16,23H,12-15H2,1H3,(H,27,30)/t23-/m0/s1. The minimum absolute atomic E-state index is 0.0719. The Bertz CT molecular complexity index is 1370. The van der Waals surface area contributed by atoms with Crippen LogP contribution in [-0.4, -0.2) is 67.5 Å². The number of carbonyl (C=O) groups is 3. The Kier molecular flexibility index (Phi) is 7.20. The number of amides is 3. The van der Waals surface area contributed by atoms with E-state index in [1.54, 1.807) is 17.0 Å². The quantitative estimate of drug-likeness (QED) is 0.506. The minimum Gasteiger partial charge on any atom is -0.459 e. The van der Waals surface area contributed by atoms with Gasteiger partial charge in [0.2, 0.25) is 15.2 Å².